The second-order valence-corrected chi connectivity index (χ2v) is 7.67. The minimum Gasteiger partial charge on any atom is -0.354 e. The lowest BCUT2D eigenvalue weighted by molar-refractivity contribution is 0.0792. The molecule has 2 fully saturated rings. The largest absolute Gasteiger partial charge is 0.354 e. The molecule has 1 amide bonds. The molecule has 2 aliphatic heterocycles. The van der Waals surface area contributed by atoms with Crippen LogP contribution in [0.1, 0.15) is 47.1 Å². The Morgan fingerprint density at radius 3 is 2.64 bits per heavy atom. The number of aromatic nitrogens is 5. The maximum Gasteiger partial charge on any atom is 0.255 e. The van der Waals surface area contributed by atoms with E-state index < -0.39 is 0 Å². The van der Waals surface area contributed by atoms with Crippen LogP contribution in [0, 0.1) is 6.92 Å². The fraction of sp³-hybridized carbons (Fsp3) is 0.450. The molecule has 8 nitrogen and oxygen atoms in total. The van der Waals surface area contributed by atoms with Crippen molar-refractivity contribution in [3.63, 3.8) is 0 Å². The van der Waals surface area contributed by atoms with Crippen LogP contribution in [-0.2, 0) is 0 Å². The summed E-state index contributed by atoms with van der Waals surface area (Å²) >= 11 is 0. The van der Waals surface area contributed by atoms with Gasteiger partial charge in [-0.25, -0.2) is 0 Å². The summed E-state index contributed by atoms with van der Waals surface area (Å²) in [7, 11) is 0. The first-order valence-corrected chi connectivity index (χ1v) is 9.88. The molecule has 0 bridgehead atoms. The highest BCUT2D eigenvalue weighted by molar-refractivity contribution is 5.94. The van der Waals surface area contributed by atoms with Gasteiger partial charge in [0.05, 0.1) is 11.3 Å². The third kappa shape index (κ3) is 2.98. The zero-order valence-corrected chi connectivity index (χ0v) is 16.0. The molecule has 1 atom stereocenters. The number of aryl methyl sites for hydroxylation is 1. The van der Waals surface area contributed by atoms with Gasteiger partial charge in [0.2, 0.25) is 0 Å². The van der Waals surface area contributed by atoms with E-state index in [1.54, 1.807) is 0 Å². The molecule has 0 N–H and O–H groups in total. The van der Waals surface area contributed by atoms with Crippen LogP contribution >= 0.6 is 0 Å². The number of hydrogen-bond donors (Lipinski definition) is 0. The molecule has 3 aromatic heterocycles. The van der Waals surface area contributed by atoms with Gasteiger partial charge in [0.25, 0.3) is 5.91 Å². The van der Waals surface area contributed by atoms with Crippen molar-refractivity contribution in [2.24, 2.45) is 0 Å². The summed E-state index contributed by atoms with van der Waals surface area (Å²) in [5, 5.41) is 17.2. The number of carbonyl (C=O) groups excluding carboxylic acids is 1. The van der Waals surface area contributed by atoms with E-state index in [9.17, 15) is 4.79 Å². The molecule has 28 heavy (non-hydrogen) atoms. The fourth-order valence-electron chi connectivity index (χ4n) is 4.16. The van der Waals surface area contributed by atoms with Crippen LogP contribution in [0.2, 0.25) is 0 Å². The van der Waals surface area contributed by atoms with Gasteiger partial charge in [-0.3, -0.25) is 9.20 Å². The molecular weight excluding hydrogens is 354 g/mol. The van der Waals surface area contributed by atoms with Crippen molar-refractivity contribution in [3.05, 3.63) is 47.5 Å². The summed E-state index contributed by atoms with van der Waals surface area (Å²) in [5.74, 6) is 2.15. The van der Waals surface area contributed by atoms with Gasteiger partial charge in [0, 0.05) is 38.3 Å². The third-order valence-electron chi connectivity index (χ3n) is 5.73. The van der Waals surface area contributed by atoms with Crippen molar-refractivity contribution < 1.29 is 4.79 Å². The topological polar surface area (TPSA) is 79.5 Å². The lowest BCUT2D eigenvalue weighted by Crippen LogP contribution is -2.27. The Morgan fingerprint density at radius 1 is 1.00 bits per heavy atom. The van der Waals surface area contributed by atoms with E-state index >= 15 is 0 Å². The molecule has 5 rings (SSSR count). The van der Waals surface area contributed by atoms with Gasteiger partial charge in [-0.1, -0.05) is 0 Å². The normalized spacial score (nSPS) is 19.7. The first kappa shape index (κ1) is 17.1. The number of carbonyl (C=O) groups is 1. The predicted molar refractivity (Wildman–Crippen MR) is 104 cm³/mol. The zero-order chi connectivity index (χ0) is 19.1. The second-order valence-electron chi connectivity index (χ2n) is 7.67. The molecular formula is C20H23N7O. The molecule has 5 heterocycles. The van der Waals surface area contributed by atoms with Gasteiger partial charge < -0.3 is 9.80 Å². The maximum atomic E-state index is 12.8. The first-order chi connectivity index (χ1) is 13.7. The summed E-state index contributed by atoms with van der Waals surface area (Å²) in [6.45, 7) is 5.36. The maximum absolute atomic E-state index is 12.8. The van der Waals surface area contributed by atoms with E-state index in [0.29, 0.717) is 5.56 Å². The quantitative estimate of drug-likeness (QED) is 0.695. The van der Waals surface area contributed by atoms with Crippen molar-refractivity contribution in [2.75, 3.05) is 31.1 Å². The van der Waals surface area contributed by atoms with Crippen LogP contribution in [0.25, 0.3) is 5.65 Å². The Bertz CT molecular complexity index is 1010. The van der Waals surface area contributed by atoms with Crippen molar-refractivity contribution in [2.45, 2.75) is 32.1 Å². The fourth-order valence-corrected chi connectivity index (χ4v) is 4.16. The first-order valence-electron chi connectivity index (χ1n) is 9.88. The Hall–Kier alpha value is -3.03. The smallest absolute Gasteiger partial charge is 0.255 e. The van der Waals surface area contributed by atoms with E-state index in [1.807, 2.05) is 46.7 Å². The number of likely N-dealkylation sites (tertiary alicyclic amines) is 1. The Kier molecular flexibility index (Phi) is 4.18. The van der Waals surface area contributed by atoms with Gasteiger partial charge in [-0.05, 0) is 50.5 Å². The van der Waals surface area contributed by atoms with Crippen molar-refractivity contribution in [3.8, 4) is 0 Å². The van der Waals surface area contributed by atoms with Gasteiger partial charge >= 0.3 is 0 Å². The number of anilines is 1. The molecule has 2 aliphatic rings. The minimum absolute atomic E-state index is 0.0991. The Labute approximate surface area is 163 Å². The molecule has 0 saturated carbocycles. The Balaban J connectivity index is 1.40. The standard InChI is InChI=1S/C20H23N7O/c1-14-4-6-17(22-21-14)26-11-8-15(12-26)19-24-23-18-7-5-16(13-27(18)19)20(28)25-9-2-3-10-25/h4-7,13,15H,2-3,8-12H2,1H3/t15-/m1/s1. The lowest BCUT2D eigenvalue weighted by Gasteiger charge is -2.17. The van der Waals surface area contributed by atoms with Crippen LogP contribution in [0.15, 0.2) is 30.5 Å². The zero-order valence-electron chi connectivity index (χ0n) is 16.0. The van der Waals surface area contributed by atoms with Crippen molar-refractivity contribution in [1.29, 1.82) is 0 Å². The number of amides is 1. The van der Waals surface area contributed by atoms with E-state index in [0.717, 1.165) is 68.4 Å². The van der Waals surface area contributed by atoms with E-state index in [-0.39, 0.29) is 11.8 Å². The van der Waals surface area contributed by atoms with E-state index in [2.05, 4.69) is 25.3 Å². The summed E-state index contributed by atoms with van der Waals surface area (Å²) < 4.78 is 1.98. The molecule has 0 unspecified atom stereocenters. The summed E-state index contributed by atoms with van der Waals surface area (Å²) in [4.78, 5) is 16.9. The highest BCUT2D eigenvalue weighted by atomic mass is 16.2. The Morgan fingerprint density at radius 2 is 1.86 bits per heavy atom. The highest BCUT2D eigenvalue weighted by Gasteiger charge is 2.29. The molecule has 3 aromatic rings. The van der Waals surface area contributed by atoms with Crippen LogP contribution in [0.5, 0.6) is 0 Å². The van der Waals surface area contributed by atoms with Crippen molar-refractivity contribution in [1.82, 2.24) is 29.7 Å². The van der Waals surface area contributed by atoms with E-state index in [1.165, 1.54) is 0 Å². The molecule has 0 aromatic carbocycles. The summed E-state index contributed by atoms with van der Waals surface area (Å²) in [6.07, 6.45) is 5.05. The number of rotatable bonds is 3. The number of nitrogens with zero attached hydrogens (tertiary/aromatic N) is 7. The van der Waals surface area contributed by atoms with Crippen LogP contribution < -0.4 is 4.90 Å². The average molecular weight is 377 g/mol. The van der Waals surface area contributed by atoms with Gasteiger partial charge in [0.1, 0.15) is 5.82 Å². The number of pyridine rings is 1. The SMILES string of the molecule is Cc1ccc(N2CC[C@@H](c3nnc4ccc(C(=O)N5CCCC5)cn34)C2)nn1. The number of hydrogen-bond acceptors (Lipinski definition) is 6. The predicted octanol–water partition coefficient (Wildman–Crippen LogP) is 2.06. The van der Waals surface area contributed by atoms with Crippen LogP contribution in [0.3, 0.4) is 0 Å². The van der Waals surface area contributed by atoms with Crippen LogP contribution in [0.4, 0.5) is 5.82 Å². The monoisotopic (exact) mass is 377 g/mol. The van der Waals surface area contributed by atoms with Crippen LogP contribution in [-0.4, -0.2) is 61.8 Å². The lowest BCUT2D eigenvalue weighted by atomic mass is 10.1. The summed E-state index contributed by atoms with van der Waals surface area (Å²) in [5.41, 5.74) is 2.40. The molecule has 144 valence electrons. The summed E-state index contributed by atoms with van der Waals surface area (Å²) in [6, 6.07) is 7.74. The van der Waals surface area contributed by atoms with Gasteiger partial charge in [0.15, 0.2) is 11.5 Å². The average Bonchev–Trinajstić information content (AvgIpc) is 3.47. The molecule has 0 radical (unpaired) electrons. The highest BCUT2D eigenvalue weighted by Crippen LogP contribution is 2.29. The molecule has 0 aliphatic carbocycles. The molecule has 0 spiro atoms. The minimum atomic E-state index is 0.0991. The molecule has 2 saturated heterocycles. The van der Waals surface area contributed by atoms with E-state index in [4.69, 9.17) is 0 Å². The number of fused-ring (bicyclic) bond motifs is 1. The van der Waals surface area contributed by atoms with Crippen molar-refractivity contribution >= 4 is 17.4 Å². The molecule has 8 heteroatoms. The van der Waals surface area contributed by atoms with Gasteiger partial charge in [-0.2, -0.15) is 5.10 Å². The second kappa shape index (κ2) is 6.85. The third-order valence-corrected chi connectivity index (χ3v) is 5.73. The van der Waals surface area contributed by atoms with Gasteiger partial charge in [-0.15, -0.1) is 15.3 Å².